The van der Waals surface area contributed by atoms with E-state index < -0.39 is 0 Å². The van der Waals surface area contributed by atoms with Gasteiger partial charge in [0.2, 0.25) is 0 Å². The van der Waals surface area contributed by atoms with Crippen molar-refractivity contribution in [2.45, 2.75) is 26.4 Å². The molecule has 1 heterocycles. The lowest BCUT2D eigenvalue weighted by molar-refractivity contribution is 0.301. The molecular formula is C41H36O3. The molecule has 1 atom stereocenters. The predicted octanol–water partition coefficient (Wildman–Crippen LogP) is 8.61. The zero-order valence-electron chi connectivity index (χ0n) is 25.5. The van der Waals surface area contributed by atoms with Gasteiger partial charge in [-0.15, -0.1) is 0 Å². The van der Waals surface area contributed by atoms with Gasteiger partial charge in [0.1, 0.15) is 23.9 Å². The fourth-order valence-corrected chi connectivity index (χ4v) is 6.53. The van der Waals surface area contributed by atoms with Crippen LogP contribution < -0.4 is 19.9 Å². The van der Waals surface area contributed by atoms with Gasteiger partial charge in [0.15, 0.2) is 0 Å². The van der Waals surface area contributed by atoms with Crippen LogP contribution in [0.2, 0.25) is 0 Å². The van der Waals surface area contributed by atoms with Gasteiger partial charge < -0.3 is 14.2 Å². The molecule has 0 aromatic heterocycles. The van der Waals surface area contributed by atoms with Crippen LogP contribution in [0.1, 0.15) is 42.0 Å². The Morgan fingerprint density at radius 1 is 0.932 bits per heavy atom. The van der Waals surface area contributed by atoms with Crippen molar-refractivity contribution in [3.63, 3.8) is 0 Å². The molecule has 3 nitrogen and oxygen atoms in total. The fraction of sp³-hybridized carbons (Fsp3) is 0.171. The number of methoxy groups -OCH3 is 2. The van der Waals surface area contributed by atoms with Crippen molar-refractivity contribution in [1.82, 2.24) is 0 Å². The van der Waals surface area contributed by atoms with E-state index >= 15 is 0 Å². The Morgan fingerprint density at radius 3 is 2.73 bits per heavy atom. The summed E-state index contributed by atoms with van der Waals surface area (Å²) in [5.74, 6) is 2.99. The molecule has 44 heavy (non-hydrogen) atoms. The summed E-state index contributed by atoms with van der Waals surface area (Å²) in [6.45, 7) is 2.67. The Kier molecular flexibility index (Phi) is 7.54. The summed E-state index contributed by atoms with van der Waals surface area (Å²) in [6.07, 6.45) is 24.0. The lowest BCUT2D eigenvalue weighted by Gasteiger charge is -2.27. The highest BCUT2D eigenvalue weighted by molar-refractivity contribution is 6.04. The fourth-order valence-electron chi connectivity index (χ4n) is 6.53. The summed E-state index contributed by atoms with van der Waals surface area (Å²) in [4.78, 5) is 0. The van der Waals surface area contributed by atoms with Gasteiger partial charge in [-0.1, -0.05) is 85.0 Å². The van der Waals surface area contributed by atoms with Gasteiger partial charge in [0.25, 0.3) is 0 Å². The summed E-state index contributed by atoms with van der Waals surface area (Å²) < 4.78 is 17.8. The topological polar surface area (TPSA) is 27.7 Å². The molecule has 0 amide bonds. The van der Waals surface area contributed by atoms with Crippen molar-refractivity contribution in [3.05, 3.63) is 136 Å². The monoisotopic (exact) mass is 576 g/mol. The van der Waals surface area contributed by atoms with Crippen molar-refractivity contribution in [2.24, 2.45) is 5.92 Å². The average molecular weight is 577 g/mol. The van der Waals surface area contributed by atoms with Gasteiger partial charge in [-0.2, -0.15) is 0 Å². The second kappa shape index (κ2) is 11.9. The lowest BCUT2D eigenvalue weighted by Crippen LogP contribution is -2.30. The normalized spacial score (nSPS) is 17.0. The third kappa shape index (κ3) is 5.20. The minimum absolute atomic E-state index is 0.271. The average Bonchev–Trinajstić information content (AvgIpc) is 3.32. The third-order valence-electron chi connectivity index (χ3n) is 8.78. The number of fused-ring (bicyclic) bond motifs is 7. The Bertz CT molecular complexity index is 2050. The van der Waals surface area contributed by atoms with Gasteiger partial charge >= 0.3 is 0 Å². The van der Waals surface area contributed by atoms with E-state index in [1.165, 1.54) is 49.0 Å². The van der Waals surface area contributed by atoms with Gasteiger partial charge in [-0.3, -0.25) is 0 Å². The van der Waals surface area contributed by atoms with Crippen molar-refractivity contribution >= 4 is 40.6 Å². The number of hydrogen-bond donors (Lipinski definition) is 0. The molecule has 2 aliphatic carbocycles. The van der Waals surface area contributed by atoms with Crippen LogP contribution in [0, 0.1) is 5.92 Å². The maximum absolute atomic E-state index is 6.77. The molecule has 0 saturated heterocycles. The molecule has 1 aliphatic heterocycles. The zero-order chi connectivity index (χ0) is 30.0. The number of rotatable bonds is 6. The number of benzene rings is 4. The minimum Gasteiger partial charge on any atom is -0.497 e. The van der Waals surface area contributed by atoms with Crippen molar-refractivity contribution in [1.29, 1.82) is 0 Å². The highest BCUT2D eigenvalue weighted by Crippen LogP contribution is 2.44. The van der Waals surface area contributed by atoms with Crippen LogP contribution in [0.5, 0.6) is 11.5 Å². The molecule has 0 bridgehead atoms. The molecular weight excluding hydrogens is 540 g/mol. The number of ether oxygens (including phenoxy) is 3. The van der Waals surface area contributed by atoms with Gasteiger partial charge in [-0.25, -0.2) is 0 Å². The molecule has 218 valence electrons. The second-order valence-electron chi connectivity index (χ2n) is 11.5. The van der Waals surface area contributed by atoms with Crippen LogP contribution in [-0.4, -0.2) is 14.2 Å². The minimum atomic E-state index is 0.271. The summed E-state index contributed by atoms with van der Waals surface area (Å²) in [7, 11) is 3.44. The summed E-state index contributed by atoms with van der Waals surface area (Å²) in [5.41, 5.74) is 8.28. The second-order valence-corrected chi connectivity index (χ2v) is 11.5. The van der Waals surface area contributed by atoms with E-state index in [4.69, 9.17) is 14.2 Å². The van der Waals surface area contributed by atoms with E-state index in [-0.39, 0.29) is 5.92 Å². The molecule has 1 unspecified atom stereocenters. The molecule has 0 spiro atoms. The van der Waals surface area contributed by atoms with Crippen LogP contribution in [0.4, 0.5) is 0 Å². The van der Waals surface area contributed by atoms with Crippen molar-refractivity contribution in [2.75, 3.05) is 14.2 Å². The van der Waals surface area contributed by atoms with Gasteiger partial charge in [-0.05, 0) is 94.1 Å². The quantitative estimate of drug-likeness (QED) is 0.215. The molecule has 0 fully saturated rings. The Hall–Kier alpha value is -5.02. The van der Waals surface area contributed by atoms with E-state index in [9.17, 15) is 0 Å². The maximum Gasteiger partial charge on any atom is 0.135 e. The van der Waals surface area contributed by atoms with E-state index in [0.717, 1.165) is 41.2 Å². The predicted molar refractivity (Wildman–Crippen MR) is 184 cm³/mol. The molecule has 3 aliphatic rings. The molecule has 0 radical (unpaired) electrons. The molecule has 0 saturated carbocycles. The van der Waals surface area contributed by atoms with Crippen LogP contribution in [0.15, 0.2) is 103 Å². The van der Waals surface area contributed by atoms with E-state index in [1.54, 1.807) is 14.2 Å². The van der Waals surface area contributed by atoms with E-state index in [0.29, 0.717) is 6.61 Å². The molecule has 0 N–H and O–H groups in total. The maximum atomic E-state index is 6.77. The molecule has 4 aromatic rings. The first-order valence-corrected chi connectivity index (χ1v) is 15.3. The van der Waals surface area contributed by atoms with Crippen LogP contribution in [-0.2, 0) is 11.3 Å². The largest absolute Gasteiger partial charge is 0.497 e. The number of hydrogen-bond acceptors (Lipinski definition) is 3. The first-order valence-electron chi connectivity index (χ1n) is 15.3. The molecule has 3 heteroatoms. The van der Waals surface area contributed by atoms with Crippen LogP contribution in [0.3, 0.4) is 0 Å². The highest BCUT2D eigenvalue weighted by Gasteiger charge is 2.26. The van der Waals surface area contributed by atoms with Gasteiger partial charge in [0, 0.05) is 28.2 Å². The Morgan fingerprint density at radius 2 is 1.84 bits per heavy atom. The van der Waals surface area contributed by atoms with Crippen LogP contribution in [0.25, 0.3) is 51.8 Å². The number of allylic oxidation sites excluding steroid dienone is 7. The first kappa shape index (κ1) is 27.8. The first-order chi connectivity index (χ1) is 21.6. The van der Waals surface area contributed by atoms with E-state index in [1.807, 2.05) is 18.2 Å². The zero-order valence-corrected chi connectivity index (χ0v) is 25.5. The van der Waals surface area contributed by atoms with E-state index in [2.05, 4.69) is 110 Å². The summed E-state index contributed by atoms with van der Waals surface area (Å²) in [6, 6.07) is 21.6. The van der Waals surface area contributed by atoms with Gasteiger partial charge in [0.05, 0.1) is 14.2 Å². The lowest BCUT2D eigenvalue weighted by atomic mass is 9.84. The SMILES string of the molecule is COC1=CC(/C=C/c2cc3c(c4c2OCc2c(/C=C(/C)c5cccc(OC)c5)cc5ccccc5c2-4)=CCC=CC=3)CC=C1. The smallest absolute Gasteiger partial charge is 0.135 e. The Labute approximate surface area is 259 Å². The summed E-state index contributed by atoms with van der Waals surface area (Å²) >= 11 is 0. The standard InChI is InChI=1S/C41H36O3/c1-27(29-14-10-16-35(25-29)43-3)21-33-24-31-13-7-8-18-36(31)39-38(33)26-44-41-32(20-19-28-11-9-15-34(22-28)42-2)23-30-12-5-4-6-17-37(30)40(39)41/h4-5,7-10,12-25,28H,6,11,26H2,1-3H3/b20-19+,27-21-. The Balaban J connectivity index is 1.45. The summed E-state index contributed by atoms with van der Waals surface area (Å²) in [5, 5.41) is 4.92. The molecule has 7 rings (SSSR count). The van der Waals surface area contributed by atoms with Crippen molar-refractivity contribution in [3.8, 4) is 22.6 Å². The van der Waals surface area contributed by atoms with Crippen LogP contribution >= 0.6 is 0 Å². The molecule has 4 aromatic carbocycles. The third-order valence-corrected chi connectivity index (χ3v) is 8.78. The highest BCUT2D eigenvalue weighted by atomic mass is 16.5. The van der Waals surface area contributed by atoms with Crippen molar-refractivity contribution < 1.29 is 14.2 Å².